The van der Waals surface area contributed by atoms with Crippen LogP contribution in [0, 0.1) is 5.92 Å². The van der Waals surface area contributed by atoms with E-state index in [0.29, 0.717) is 0 Å². The minimum atomic E-state index is -3.00. The van der Waals surface area contributed by atoms with Crippen LogP contribution >= 0.6 is 12.4 Å². The Bertz CT molecular complexity index is 430. The van der Waals surface area contributed by atoms with E-state index in [9.17, 15) is 8.42 Å². The van der Waals surface area contributed by atoms with Crippen LogP contribution in [0.4, 0.5) is 0 Å². The third kappa shape index (κ3) is 4.61. The standard InChI is InChI=1S/C11H16N2O2S.ClH/c14-16(15,9-11-3-5-13-7-11)8-10-2-1-4-12-6-10;/h1-2,4,6,11,13H,3,5,7-9H2;1H. The molecule has 1 saturated heterocycles. The number of halogens is 1. The summed E-state index contributed by atoms with van der Waals surface area (Å²) in [5.74, 6) is 0.674. The second-order valence-corrected chi connectivity index (χ2v) is 6.38. The van der Waals surface area contributed by atoms with Crippen LogP contribution in [0.2, 0.25) is 0 Å². The summed E-state index contributed by atoms with van der Waals surface area (Å²) in [7, 11) is -3.00. The molecule has 0 radical (unpaired) electrons. The molecular formula is C11H17ClN2O2S. The quantitative estimate of drug-likeness (QED) is 0.892. The van der Waals surface area contributed by atoms with E-state index in [-0.39, 0.29) is 29.8 Å². The molecule has 0 aliphatic carbocycles. The molecule has 96 valence electrons. The summed E-state index contributed by atoms with van der Waals surface area (Å²) in [6.45, 7) is 1.76. The van der Waals surface area contributed by atoms with E-state index in [2.05, 4.69) is 10.3 Å². The van der Waals surface area contributed by atoms with Gasteiger partial charge in [-0.1, -0.05) is 6.07 Å². The molecule has 17 heavy (non-hydrogen) atoms. The molecule has 6 heteroatoms. The lowest BCUT2D eigenvalue weighted by molar-refractivity contribution is 0.569. The van der Waals surface area contributed by atoms with Gasteiger partial charge >= 0.3 is 0 Å². The van der Waals surface area contributed by atoms with Crippen molar-refractivity contribution in [2.45, 2.75) is 12.2 Å². The summed E-state index contributed by atoms with van der Waals surface area (Å²) in [6.07, 6.45) is 4.23. The highest BCUT2D eigenvalue weighted by Crippen LogP contribution is 2.14. The van der Waals surface area contributed by atoms with Crippen LogP contribution in [-0.4, -0.2) is 32.2 Å². The Morgan fingerprint density at radius 1 is 1.47 bits per heavy atom. The Labute approximate surface area is 108 Å². The Balaban J connectivity index is 0.00000144. The maximum absolute atomic E-state index is 11.9. The third-order valence-electron chi connectivity index (χ3n) is 2.76. The molecule has 1 atom stereocenters. The first-order chi connectivity index (χ1) is 7.66. The van der Waals surface area contributed by atoms with Crippen molar-refractivity contribution in [1.82, 2.24) is 10.3 Å². The Kier molecular flexibility index (Phi) is 5.36. The Morgan fingerprint density at radius 2 is 2.29 bits per heavy atom. The number of rotatable bonds is 4. The molecule has 2 heterocycles. The van der Waals surface area contributed by atoms with Crippen molar-refractivity contribution in [3.63, 3.8) is 0 Å². The molecular weight excluding hydrogens is 260 g/mol. The van der Waals surface area contributed by atoms with Crippen molar-refractivity contribution in [2.24, 2.45) is 5.92 Å². The molecule has 0 aromatic carbocycles. The largest absolute Gasteiger partial charge is 0.316 e. The van der Waals surface area contributed by atoms with Crippen LogP contribution in [0.25, 0.3) is 0 Å². The van der Waals surface area contributed by atoms with Crippen LogP contribution in [-0.2, 0) is 15.6 Å². The van der Waals surface area contributed by atoms with Crippen LogP contribution < -0.4 is 5.32 Å². The molecule has 0 saturated carbocycles. The Morgan fingerprint density at radius 3 is 2.88 bits per heavy atom. The zero-order valence-electron chi connectivity index (χ0n) is 9.50. The summed E-state index contributed by atoms with van der Waals surface area (Å²) in [4.78, 5) is 3.92. The van der Waals surface area contributed by atoms with Gasteiger partial charge in [0.15, 0.2) is 9.84 Å². The van der Waals surface area contributed by atoms with E-state index in [0.717, 1.165) is 25.1 Å². The summed E-state index contributed by atoms with van der Waals surface area (Å²) in [6, 6.07) is 3.57. The molecule has 4 nitrogen and oxygen atoms in total. The van der Waals surface area contributed by atoms with Gasteiger partial charge in [0.1, 0.15) is 0 Å². The van der Waals surface area contributed by atoms with Gasteiger partial charge in [0.2, 0.25) is 0 Å². The molecule has 1 unspecified atom stereocenters. The first-order valence-corrected chi connectivity index (χ1v) is 7.28. The van der Waals surface area contributed by atoms with E-state index >= 15 is 0 Å². The summed E-state index contributed by atoms with van der Waals surface area (Å²) >= 11 is 0. The fourth-order valence-corrected chi connectivity index (χ4v) is 3.81. The maximum atomic E-state index is 11.9. The van der Waals surface area contributed by atoms with Crippen molar-refractivity contribution < 1.29 is 8.42 Å². The van der Waals surface area contributed by atoms with E-state index in [4.69, 9.17) is 0 Å². The number of pyridine rings is 1. The first kappa shape index (κ1) is 14.4. The normalized spacial score (nSPS) is 19.9. The summed E-state index contributed by atoms with van der Waals surface area (Å²) in [5, 5.41) is 3.18. The van der Waals surface area contributed by atoms with Crippen LogP contribution in [0.15, 0.2) is 24.5 Å². The SMILES string of the molecule is Cl.O=S(=O)(Cc1cccnc1)CC1CCNC1. The number of sulfone groups is 1. The molecule has 1 aliphatic heterocycles. The summed E-state index contributed by atoms with van der Waals surface area (Å²) < 4.78 is 23.8. The zero-order chi connectivity index (χ0) is 11.4. The van der Waals surface area contributed by atoms with Crippen molar-refractivity contribution >= 4 is 22.2 Å². The van der Waals surface area contributed by atoms with Gasteiger partial charge in [-0.25, -0.2) is 8.42 Å². The lowest BCUT2D eigenvalue weighted by atomic mass is 10.2. The van der Waals surface area contributed by atoms with E-state index < -0.39 is 9.84 Å². The lowest BCUT2D eigenvalue weighted by Gasteiger charge is -2.09. The fraction of sp³-hybridized carbons (Fsp3) is 0.545. The molecule has 1 fully saturated rings. The van der Waals surface area contributed by atoms with Gasteiger partial charge in [-0.15, -0.1) is 12.4 Å². The number of nitrogens with zero attached hydrogens (tertiary/aromatic N) is 1. The zero-order valence-corrected chi connectivity index (χ0v) is 11.1. The number of aromatic nitrogens is 1. The first-order valence-electron chi connectivity index (χ1n) is 5.46. The van der Waals surface area contributed by atoms with E-state index in [1.165, 1.54) is 0 Å². The van der Waals surface area contributed by atoms with Gasteiger partial charge in [0.05, 0.1) is 11.5 Å². The highest BCUT2D eigenvalue weighted by molar-refractivity contribution is 7.90. The van der Waals surface area contributed by atoms with Crippen LogP contribution in [0.1, 0.15) is 12.0 Å². The minimum Gasteiger partial charge on any atom is -0.316 e. The predicted molar refractivity (Wildman–Crippen MR) is 70.0 cm³/mol. The molecule has 1 aliphatic rings. The lowest BCUT2D eigenvalue weighted by Crippen LogP contribution is -2.20. The average molecular weight is 277 g/mol. The van der Waals surface area contributed by atoms with Crippen molar-refractivity contribution in [3.8, 4) is 0 Å². The number of hydrogen-bond acceptors (Lipinski definition) is 4. The molecule has 1 aromatic heterocycles. The highest BCUT2D eigenvalue weighted by atomic mass is 35.5. The van der Waals surface area contributed by atoms with Crippen LogP contribution in [0.3, 0.4) is 0 Å². The number of hydrogen-bond donors (Lipinski definition) is 1. The molecule has 0 spiro atoms. The number of nitrogens with one attached hydrogen (secondary N) is 1. The summed E-state index contributed by atoms with van der Waals surface area (Å²) in [5.41, 5.74) is 0.772. The van der Waals surface area contributed by atoms with Gasteiger partial charge in [-0.05, 0) is 37.1 Å². The van der Waals surface area contributed by atoms with Crippen molar-refractivity contribution in [1.29, 1.82) is 0 Å². The second kappa shape index (κ2) is 6.33. The second-order valence-electron chi connectivity index (χ2n) is 4.27. The topological polar surface area (TPSA) is 59.1 Å². The van der Waals surface area contributed by atoms with Crippen molar-refractivity contribution in [2.75, 3.05) is 18.8 Å². The molecule has 2 rings (SSSR count). The predicted octanol–water partition coefficient (Wildman–Crippen LogP) is 1.03. The average Bonchev–Trinajstić information content (AvgIpc) is 2.70. The highest BCUT2D eigenvalue weighted by Gasteiger charge is 2.22. The van der Waals surface area contributed by atoms with E-state index in [1.807, 2.05) is 0 Å². The maximum Gasteiger partial charge on any atom is 0.154 e. The smallest absolute Gasteiger partial charge is 0.154 e. The Hall–Kier alpha value is -0.650. The van der Waals surface area contributed by atoms with Gasteiger partial charge < -0.3 is 5.32 Å². The molecule has 1 aromatic rings. The molecule has 0 bridgehead atoms. The van der Waals surface area contributed by atoms with Gasteiger partial charge in [0.25, 0.3) is 0 Å². The molecule has 0 amide bonds. The van der Waals surface area contributed by atoms with E-state index in [1.54, 1.807) is 24.5 Å². The van der Waals surface area contributed by atoms with Gasteiger partial charge in [-0.2, -0.15) is 0 Å². The minimum absolute atomic E-state index is 0. The van der Waals surface area contributed by atoms with Crippen LogP contribution in [0.5, 0.6) is 0 Å². The monoisotopic (exact) mass is 276 g/mol. The fourth-order valence-electron chi connectivity index (χ4n) is 2.01. The van der Waals surface area contributed by atoms with Gasteiger partial charge in [-0.3, -0.25) is 4.98 Å². The van der Waals surface area contributed by atoms with Gasteiger partial charge in [0, 0.05) is 12.4 Å². The third-order valence-corrected chi connectivity index (χ3v) is 4.51. The van der Waals surface area contributed by atoms with Crippen molar-refractivity contribution in [3.05, 3.63) is 30.1 Å². The molecule has 1 N–H and O–H groups in total.